The number of methoxy groups -OCH3 is 1. The number of anilines is 2. The monoisotopic (exact) mass is 622 g/mol. The maximum absolute atomic E-state index is 13.3. The van der Waals surface area contributed by atoms with E-state index in [2.05, 4.69) is 37.5 Å². The number of aromatic nitrogens is 2. The van der Waals surface area contributed by atoms with Crippen molar-refractivity contribution in [3.63, 3.8) is 0 Å². The molecule has 2 heterocycles. The van der Waals surface area contributed by atoms with Crippen molar-refractivity contribution in [3.8, 4) is 11.8 Å². The second kappa shape index (κ2) is 11.6. The zero-order valence-corrected chi connectivity index (χ0v) is 24.0. The number of carbonyl (C=O) groups is 2. The third-order valence-corrected chi connectivity index (χ3v) is 8.92. The Hall–Kier alpha value is -3.66. The van der Waals surface area contributed by atoms with Gasteiger partial charge in [0.25, 0.3) is 0 Å². The Balaban J connectivity index is 1.44. The Morgan fingerprint density at radius 2 is 2.10 bits per heavy atom. The van der Waals surface area contributed by atoms with Crippen LogP contribution in [0.5, 0.6) is 5.75 Å². The van der Waals surface area contributed by atoms with Gasteiger partial charge in [-0.15, -0.1) is 10.2 Å². The Bertz CT molecular complexity index is 1560. The van der Waals surface area contributed by atoms with Crippen molar-refractivity contribution in [2.24, 2.45) is 5.73 Å². The predicted molar refractivity (Wildman–Crippen MR) is 154 cm³/mol. The number of thioether (sulfide) groups is 1. The minimum absolute atomic E-state index is 0.0271. The number of para-hydroxylation sites is 1. The van der Waals surface area contributed by atoms with E-state index in [1.54, 1.807) is 18.1 Å². The molecular formula is C27H23BrN6O3S2. The summed E-state index contributed by atoms with van der Waals surface area (Å²) in [4.78, 5) is 27.5. The van der Waals surface area contributed by atoms with Crippen LogP contribution >= 0.6 is 39.0 Å². The lowest BCUT2D eigenvalue weighted by atomic mass is 9.75. The Morgan fingerprint density at radius 1 is 1.28 bits per heavy atom. The zero-order chi connectivity index (χ0) is 27.5. The van der Waals surface area contributed by atoms with Gasteiger partial charge in [0.1, 0.15) is 11.6 Å². The van der Waals surface area contributed by atoms with E-state index in [0.29, 0.717) is 51.3 Å². The molecule has 0 spiro atoms. The van der Waals surface area contributed by atoms with Gasteiger partial charge in [0.15, 0.2) is 10.1 Å². The number of Topliss-reactive ketones (excluding diaryl/α,β-unsaturated/α-hetero) is 1. The van der Waals surface area contributed by atoms with E-state index in [9.17, 15) is 14.9 Å². The van der Waals surface area contributed by atoms with Crippen LogP contribution in [-0.2, 0) is 9.59 Å². The number of hydrogen-bond acceptors (Lipinski definition) is 10. The number of allylic oxidation sites excluding steroid dienone is 3. The lowest BCUT2D eigenvalue weighted by Gasteiger charge is -2.38. The van der Waals surface area contributed by atoms with Crippen LogP contribution in [0.25, 0.3) is 0 Å². The van der Waals surface area contributed by atoms with Crippen LogP contribution < -0.4 is 20.7 Å². The molecule has 3 N–H and O–H groups in total. The largest absolute Gasteiger partial charge is 0.496 e. The molecule has 0 radical (unpaired) electrons. The van der Waals surface area contributed by atoms with E-state index in [4.69, 9.17) is 10.5 Å². The average Bonchev–Trinajstić information content (AvgIpc) is 3.40. The van der Waals surface area contributed by atoms with Gasteiger partial charge in [0.05, 0.1) is 30.4 Å². The van der Waals surface area contributed by atoms with Crippen molar-refractivity contribution >= 4 is 61.5 Å². The predicted octanol–water partition coefficient (Wildman–Crippen LogP) is 5.34. The first-order chi connectivity index (χ1) is 18.9. The number of nitriles is 1. The molecule has 1 aromatic heterocycles. The van der Waals surface area contributed by atoms with Gasteiger partial charge in [-0.25, -0.2) is 0 Å². The Labute approximate surface area is 241 Å². The van der Waals surface area contributed by atoms with Crippen molar-refractivity contribution in [2.45, 2.75) is 29.5 Å². The van der Waals surface area contributed by atoms with Crippen molar-refractivity contribution in [1.29, 1.82) is 5.26 Å². The molecule has 1 amide bonds. The van der Waals surface area contributed by atoms with Crippen LogP contribution in [0, 0.1) is 11.3 Å². The van der Waals surface area contributed by atoms with Gasteiger partial charge >= 0.3 is 0 Å². The van der Waals surface area contributed by atoms with Gasteiger partial charge in [-0.1, -0.05) is 63.3 Å². The third-order valence-electron chi connectivity index (χ3n) is 6.39. The van der Waals surface area contributed by atoms with Gasteiger partial charge < -0.3 is 15.8 Å². The van der Waals surface area contributed by atoms with Crippen LogP contribution in [0.4, 0.5) is 10.8 Å². The number of nitrogens with zero attached hydrogens (tertiary/aromatic N) is 4. The maximum atomic E-state index is 13.3. The summed E-state index contributed by atoms with van der Waals surface area (Å²) in [5.41, 5.74) is 9.55. The first-order valence-corrected chi connectivity index (χ1v) is 14.6. The molecule has 1 aliphatic carbocycles. The van der Waals surface area contributed by atoms with E-state index in [1.807, 2.05) is 42.5 Å². The van der Waals surface area contributed by atoms with Gasteiger partial charge in [-0.05, 0) is 37.1 Å². The summed E-state index contributed by atoms with van der Waals surface area (Å²) in [5.74, 6) is 0.0912. The second-order valence-corrected chi connectivity index (χ2v) is 11.9. The third kappa shape index (κ3) is 5.43. The fourth-order valence-electron chi connectivity index (χ4n) is 4.76. The molecule has 39 heavy (non-hydrogen) atoms. The molecule has 1 unspecified atom stereocenters. The highest BCUT2D eigenvalue weighted by Crippen LogP contribution is 2.48. The maximum Gasteiger partial charge on any atom is 0.234 e. The van der Waals surface area contributed by atoms with Crippen molar-refractivity contribution in [2.75, 3.05) is 23.1 Å². The summed E-state index contributed by atoms with van der Waals surface area (Å²) in [5, 5.41) is 22.1. The SMILES string of the molecule is COc1ccccc1C1C(C#N)=C(N)N(c2nnc(SCC(=O)Nc3cccc(Br)c3)s2)C2=C1C(=O)CCC2. The highest BCUT2D eigenvalue weighted by Gasteiger charge is 2.42. The topological polar surface area (TPSA) is 134 Å². The van der Waals surface area contributed by atoms with Crippen LogP contribution in [0.1, 0.15) is 30.7 Å². The molecule has 0 saturated carbocycles. The number of nitrogens with two attached hydrogens (primary N) is 1. The molecule has 12 heteroatoms. The number of ketones is 1. The first-order valence-electron chi connectivity index (χ1n) is 12.0. The minimum atomic E-state index is -0.631. The molecule has 198 valence electrons. The van der Waals surface area contributed by atoms with Crippen molar-refractivity contribution in [3.05, 3.63) is 81.2 Å². The van der Waals surface area contributed by atoms with Gasteiger partial charge in [-0.3, -0.25) is 14.5 Å². The number of benzene rings is 2. The number of ether oxygens (including phenoxy) is 1. The standard InChI is InChI=1S/C27H23BrN6O3S2/c1-37-21-11-3-2-8-17(21)23-18(13-29)25(30)34(19-9-5-10-20(35)24(19)23)26-32-33-27(39-26)38-14-22(36)31-16-7-4-6-15(28)12-16/h2-4,6-8,11-12,23H,5,9-10,14,30H2,1H3,(H,31,36). The summed E-state index contributed by atoms with van der Waals surface area (Å²) in [7, 11) is 1.56. The number of amides is 1. The molecule has 1 aliphatic heterocycles. The molecule has 3 aromatic rings. The van der Waals surface area contributed by atoms with Crippen LogP contribution in [0.3, 0.4) is 0 Å². The fraction of sp³-hybridized carbons (Fsp3) is 0.222. The number of nitrogens with one attached hydrogen (secondary N) is 1. The van der Waals surface area contributed by atoms with Gasteiger partial charge in [-0.2, -0.15) is 5.26 Å². The molecule has 0 saturated heterocycles. The number of rotatable bonds is 7. The highest BCUT2D eigenvalue weighted by atomic mass is 79.9. The van der Waals surface area contributed by atoms with E-state index in [-0.39, 0.29) is 28.8 Å². The summed E-state index contributed by atoms with van der Waals surface area (Å²) in [6.45, 7) is 0. The Morgan fingerprint density at radius 3 is 2.87 bits per heavy atom. The smallest absolute Gasteiger partial charge is 0.234 e. The Kier molecular flexibility index (Phi) is 8.02. The zero-order valence-electron chi connectivity index (χ0n) is 20.8. The van der Waals surface area contributed by atoms with E-state index >= 15 is 0 Å². The minimum Gasteiger partial charge on any atom is -0.496 e. The molecule has 0 bridgehead atoms. The highest BCUT2D eigenvalue weighted by molar-refractivity contribution is 9.10. The molecular weight excluding hydrogens is 600 g/mol. The van der Waals surface area contributed by atoms with Crippen LogP contribution in [0.15, 0.2) is 80.0 Å². The van der Waals surface area contributed by atoms with Crippen molar-refractivity contribution in [1.82, 2.24) is 10.2 Å². The van der Waals surface area contributed by atoms with Crippen LogP contribution in [-0.4, -0.2) is 34.8 Å². The molecule has 2 aliphatic rings. The molecule has 0 fully saturated rings. The molecule has 9 nitrogen and oxygen atoms in total. The second-order valence-electron chi connectivity index (χ2n) is 8.76. The van der Waals surface area contributed by atoms with E-state index in [0.717, 1.165) is 10.2 Å². The summed E-state index contributed by atoms with van der Waals surface area (Å²) in [6, 6.07) is 17.0. The quantitative estimate of drug-likeness (QED) is 0.334. The first kappa shape index (κ1) is 26.9. The molecule has 2 aromatic carbocycles. The summed E-state index contributed by atoms with van der Waals surface area (Å²) in [6.07, 6.45) is 1.66. The fourth-order valence-corrected chi connectivity index (χ4v) is 6.84. The molecule has 1 atom stereocenters. The van der Waals surface area contributed by atoms with Crippen LogP contribution in [0.2, 0.25) is 0 Å². The van der Waals surface area contributed by atoms with E-state index < -0.39 is 5.92 Å². The molecule has 5 rings (SSSR count). The van der Waals surface area contributed by atoms with Crippen molar-refractivity contribution < 1.29 is 14.3 Å². The normalized spacial score (nSPS) is 17.1. The number of halogens is 1. The number of carbonyl (C=O) groups excluding carboxylic acids is 2. The average molecular weight is 624 g/mol. The lowest BCUT2D eigenvalue weighted by Crippen LogP contribution is -2.38. The lowest BCUT2D eigenvalue weighted by molar-refractivity contribution is -0.116. The van der Waals surface area contributed by atoms with E-state index in [1.165, 1.54) is 23.1 Å². The summed E-state index contributed by atoms with van der Waals surface area (Å²) >= 11 is 5.90. The van der Waals surface area contributed by atoms with Gasteiger partial charge in [0, 0.05) is 33.4 Å². The number of hydrogen-bond donors (Lipinski definition) is 2. The van der Waals surface area contributed by atoms with Gasteiger partial charge in [0.2, 0.25) is 11.0 Å². The summed E-state index contributed by atoms with van der Waals surface area (Å²) < 4.78 is 7.00.